The monoisotopic (exact) mass is 631 g/mol. The van der Waals surface area contributed by atoms with Gasteiger partial charge in [-0.25, -0.2) is 8.42 Å². The standard InChI is InChI=1S/C31H35Cl2N3O5S/c1-22(31(38)34-25-9-5-3-6-10-25)35(20-23-13-16-26(41-2)17-14-23)30(37)21-36(29-19-24(32)15-18-28(29)33)42(39,40)27-11-7-4-8-12-27/h4,7-8,11-19,22,25H,3,5-6,9-10,20-21H2,1-2H3,(H,34,38)/t22-/m1/s1. The van der Waals surface area contributed by atoms with Gasteiger partial charge < -0.3 is 15.0 Å². The molecule has 0 aromatic heterocycles. The lowest BCUT2D eigenvalue weighted by molar-refractivity contribution is -0.139. The molecule has 2 amide bonds. The van der Waals surface area contributed by atoms with E-state index in [1.165, 1.54) is 35.2 Å². The van der Waals surface area contributed by atoms with E-state index in [1.807, 2.05) is 0 Å². The van der Waals surface area contributed by atoms with Crippen LogP contribution in [0.3, 0.4) is 0 Å². The van der Waals surface area contributed by atoms with E-state index in [0.29, 0.717) is 5.75 Å². The lowest BCUT2D eigenvalue weighted by Gasteiger charge is -2.33. The van der Waals surface area contributed by atoms with Crippen LogP contribution in [0.4, 0.5) is 5.69 Å². The lowest BCUT2D eigenvalue weighted by atomic mass is 9.95. The summed E-state index contributed by atoms with van der Waals surface area (Å²) in [5.41, 5.74) is 0.810. The van der Waals surface area contributed by atoms with E-state index >= 15 is 0 Å². The average molecular weight is 633 g/mol. The minimum atomic E-state index is -4.25. The summed E-state index contributed by atoms with van der Waals surface area (Å²) in [4.78, 5) is 28.9. The summed E-state index contributed by atoms with van der Waals surface area (Å²) in [7, 11) is -2.69. The van der Waals surface area contributed by atoms with Crippen LogP contribution >= 0.6 is 23.2 Å². The van der Waals surface area contributed by atoms with Gasteiger partial charge in [0.05, 0.1) is 22.7 Å². The Morgan fingerprint density at radius 1 is 0.976 bits per heavy atom. The molecule has 1 N–H and O–H groups in total. The Kier molecular flexibility index (Phi) is 10.8. The van der Waals surface area contributed by atoms with Gasteiger partial charge in [-0.15, -0.1) is 0 Å². The van der Waals surface area contributed by atoms with Crippen molar-refractivity contribution in [1.29, 1.82) is 0 Å². The molecule has 0 aliphatic heterocycles. The first-order valence-corrected chi connectivity index (χ1v) is 16.1. The van der Waals surface area contributed by atoms with E-state index in [2.05, 4.69) is 5.32 Å². The van der Waals surface area contributed by atoms with Crippen molar-refractivity contribution >= 4 is 50.7 Å². The molecule has 1 saturated carbocycles. The number of benzene rings is 3. The van der Waals surface area contributed by atoms with Crippen molar-refractivity contribution in [2.75, 3.05) is 18.0 Å². The molecule has 11 heteroatoms. The third kappa shape index (κ3) is 7.76. The Balaban J connectivity index is 1.69. The van der Waals surface area contributed by atoms with Crippen LogP contribution in [-0.2, 0) is 26.2 Å². The average Bonchev–Trinajstić information content (AvgIpc) is 3.00. The van der Waals surface area contributed by atoms with Crippen molar-refractivity contribution in [3.63, 3.8) is 0 Å². The maximum Gasteiger partial charge on any atom is 0.264 e. The molecule has 1 atom stereocenters. The molecular formula is C31H35Cl2N3O5S. The van der Waals surface area contributed by atoms with E-state index in [4.69, 9.17) is 27.9 Å². The highest BCUT2D eigenvalue weighted by Crippen LogP contribution is 2.33. The van der Waals surface area contributed by atoms with Gasteiger partial charge in [-0.3, -0.25) is 13.9 Å². The van der Waals surface area contributed by atoms with Gasteiger partial charge in [0.15, 0.2) is 0 Å². The number of amides is 2. The minimum absolute atomic E-state index is 0.0152. The first kappa shape index (κ1) is 31.7. The zero-order chi connectivity index (χ0) is 30.3. The van der Waals surface area contributed by atoms with Gasteiger partial charge in [0.2, 0.25) is 11.8 Å². The molecule has 0 bridgehead atoms. The summed E-state index contributed by atoms with van der Waals surface area (Å²) < 4.78 is 34.0. The van der Waals surface area contributed by atoms with Crippen molar-refractivity contribution in [1.82, 2.24) is 10.2 Å². The maximum absolute atomic E-state index is 14.1. The molecule has 42 heavy (non-hydrogen) atoms. The van der Waals surface area contributed by atoms with Crippen molar-refractivity contribution in [3.8, 4) is 5.75 Å². The zero-order valence-electron chi connectivity index (χ0n) is 23.6. The number of carbonyl (C=O) groups is 2. The second-order valence-electron chi connectivity index (χ2n) is 10.3. The molecule has 4 rings (SSSR count). The van der Waals surface area contributed by atoms with Gasteiger partial charge in [-0.1, -0.05) is 72.8 Å². The lowest BCUT2D eigenvalue weighted by Crippen LogP contribution is -2.53. The molecule has 3 aromatic carbocycles. The summed E-state index contributed by atoms with van der Waals surface area (Å²) in [6.07, 6.45) is 5.01. The first-order valence-electron chi connectivity index (χ1n) is 13.9. The van der Waals surface area contributed by atoms with Gasteiger partial charge in [0.25, 0.3) is 10.0 Å². The van der Waals surface area contributed by atoms with Crippen LogP contribution < -0.4 is 14.4 Å². The zero-order valence-corrected chi connectivity index (χ0v) is 26.0. The van der Waals surface area contributed by atoms with E-state index in [-0.39, 0.29) is 39.1 Å². The summed E-state index contributed by atoms with van der Waals surface area (Å²) in [6.45, 7) is 1.13. The van der Waals surface area contributed by atoms with Crippen molar-refractivity contribution in [3.05, 3.63) is 88.4 Å². The highest BCUT2D eigenvalue weighted by molar-refractivity contribution is 7.92. The number of rotatable bonds is 11. The summed E-state index contributed by atoms with van der Waals surface area (Å²) in [5.74, 6) is -0.217. The molecule has 0 spiro atoms. The number of nitrogens with one attached hydrogen (secondary N) is 1. The second kappa shape index (κ2) is 14.3. The van der Waals surface area contributed by atoms with Crippen molar-refractivity contribution in [2.45, 2.75) is 62.6 Å². The fourth-order valence-electron chi connectivity index (χ4n) is 4.99. The molecule has 1 aliphatic rings. The molecular weight excluding hydrogens is 597 g/mol. The molecule has 0 saturated heterocycles. The predicted octanol–water partition coefficient (Wildman–Crippen LogP) is 6.06. The van der Waals surface area contributed by atoms with E-state index in [9.17, 15) is 18.0 Å². The maximum atomic E-state index is 14.1. The quantitative estimate of drug-likeness (QED) is 0.277. The fraction of sp³-hybridized carbons (Fsp3) is 0.355. The number of anilines is 1. The van der Waals surface area contributed by atoms with Gasteiger partial charge in [-0.05, 0) is 67.8 Å². The largest absolute Gasteiger partial charge is 0.497 e. The van der Waals surface area contributed by atoms with Crippen LogP contribution in [0.2, 0.25) is 10.0 Å². The molecule has 0 radical (unpaired) electrons. The number of hydrogen-bond donors (Lipinski definition) is 1. The van der Waals surface area contributed by atoms with Crippen LogP contribution in [0.15, 0.2) is 77.7 Å². The molecule has 0 unspecified atom stereocenters. The molecule has 1 aliphatic carbocycles. The molecule has 1 fully saturated rings. The minimum Gasteiger partial charge on any atom is -0.497 e. The van der Waals surface area contributed by atoms with Gasteiger partial charge >= 0.3 is 0 Å². The Bertz CT molecular complexity index is 1480. The van der Waals surface area contributed by atoms with Crippen molar-refractivity contribution in [2.24, 2.45) is 0 Å². The normalized spacial score (nSPS) is 14.6. The molecule has 3 aromatic rings. The predicted molar refractivity (Wildman–Crippen MR) is 165 cm³/mol. The molecule has 224 valence electrons. The number of carbonyl (C=O) groups excluding carboxylic acids is 2. The molecule has 0 heterocycles. The van der Waals surface area contributed by atoms with Crippen LogP contribution in [0, 0.1) is 0 Å². The summed E-state index contributed by atoms with van der Waals surface area (Å²) in [5, 5.41) is 3.46. The number of methoxy groups -OCH3 is 1. The highest BCUT2D eigenvalue weighted by atomic mass is 35.5. The van der Waals surface area contributed by atoms with Gasteiger partial charge in [0, 0.05) is 17.6 Å². The third-order valence-corrected chi connectivity index (χ3v) is 9.75. The summed E-state index contributed by atoms with van der Waals surface area (Å²) in [6, 6.07) is 18.5. The number of sulfonamides is 1. The van der Waals surface area contributed by atoms with Crippen LogP contribution in [0.25, 0.3) is 0 Å². The number of hydrogen-bond acceptors (Lipinski definition) is 5. The van der Waals surface area contributed by atoms with Crippen LogP contribution in [0.1, 0.15) is 44.6 Å². The highest BCUT2D eigenvalue weighted by Gasteiger charge is 2.34. The Morgan fingerprint density at radius 2 is 1.64 bits per heavy atom. The fourth-order valence-corrected chi connectivity index (χ4v) is 6.87. The third-order valence-electron chi connectivity index (χ3n) is 7.42. The van der Waals surface area contributed by atoms with E-state index in [1.54, 1.807) is 56.5 Å². The topological polar surface area (TPSA) is 96.0 Å². The Hall–Kier alpha value is -3.27. The smallest absolute Gasteiger partial charge is 0.264 e. The van der Waals surface area contributed by atoms with Crippen LogP contribution in [0.5, 0.6) is 5.75 Å². The number of halogens is 2. The van der Waals surface area contributed by atoms with E-state index < -0.39 is 28.5 Å². The van der Waals surface area contributed by atoms with Gasteiger partial charge in [-0.2, -0.15) is 0 Å². The van der Waals surface area contributed by atoms with Gasteiger partial charge in [0.1, 0.15) is 18.3 Å². The number of ether oxygens (including phenoxy) is 1. The SMILES string of the molecule is COc1ccc(CN(C(=O)CN(c2cc(Cl)ccc2Cl)S(=O)(=O)c2ccccc2)[C@H](C)C(=O)NC2CCCCC2)cc1. The summed E-state index contributed by atoms with van der Waals surface area (Å²) >= 11 is 12.7. The Morgan fingerprint density at radius 3 is 2.29 bits per heavy atom. The second-order valence-corrected chi connectivity index (χ2v) is 13.0. The first-order chi connectivity index (χ1) is 20.1. The van der Waals surface area contributed by atoms with Crippen molar-refractivity contribution < 1.29 is 22.7 Å². The molecule has 8 nitrogen and oxygen atoms in total. The van der Waals surface area contributed by atoms with E-state index in [0.717, 1.165) is 42.0 Å². The number of nitrogens with zero attached hydrogens (tertiary/aromatic N) is 2. The van der Waals surface area contributed by atoms with Crippen LogP contribution in [-0.4, -0.2) is 50.9 Å². The Labute approximate surface area is 257 Å².